The summed E-state index contributed by atoms with van der Waals surface area (Å²) in [5, 5.41) is 2.60. The first-order chi connectivity index (χ1) is 15.5. The minimum absolute atomic E-state index is 0.00723. The van der Waals surface area contributed by atoms with Crippen molar-refractivity contribution in [2.45, 2.75) is 38.1 Å². The van der Waals surface area contributed by atoms with Gasteiger partial charge >= 0.3 is 0 Å². The van der Waals surface area contributed by atoms with Crippen molar-refractivity contribution in [1.82, 2.24) is 24.6 Å². The molecule has 1 amide bonds. The fourth-order valence-electron chi connectivity index (χ4n) is 5.23. The number of rotatable bonds is 4. The molecule has 0 aliphatic carbocycles. The van der Waals surface area contributed by atoms with Crippen LogP contribution in [0.3, 0.4) is 0 Å². The van der Waals surface area contributed by atoms with Crippen molar-refractivity contribution in [1.29, 1.82) is 0 Å². The van der Waals surface area contributed by atoms with Gasteiger partial charge in [-0.1, -0.05) is 0 Å². The normalized spacial score (nSPS) is 20.2. The first-order valence-electron chi connectivity index (χ1n) is 11.4. The van der Waals surface area contributed by atoms with Crippen molar-refractivity contribution in [3.05, 3.63) is 64.1 Å². The van der Waals surface area contributed by atoms with Gasteiger partial charge in [-0.2, -0.15) is 0 Å². The van der Waals surface area contributed by atoms with Gasteiger partial charge in [0, 0.05) is 56.7 Å². The molecule has 2 aliphatic rings. The predicted octanol–water partition coefficient (Wildman–Crippen LogP) is 2.15. The summed E-state index contributed by atoms with van der Waals surface area (Å²) in [6.07, 6.45) is 9.16. The molecule has 2 aliphatic heterocycles. The SMILES string of the molecule is CNC(=O)c1ccc(N2CCC(N3CCC(c4cn5ccc(C)c5c(=O)[nH]4)C3)CC2)cn1. The van der Waals surface area contributed by atoms with E-state index in [-0.39, 0.29) is 11.5 Å². The molecule has 2 fully saturated rings. The standard InChI is InChI=1S/C24H30N6O2/c1-16-5-9-30-15-21(27-24(32)22(16)30)17-6-10-29(14-17)18-7-11-28(12-8-18)19-3-4-20(26-13-19)23(31)25-2/h3-5,9,13,15,17-18H,6-8,10-12,14H2,1-2H3,(H,25,31)(H,27,32). The van der Waals surface area contributed by atoms with E-state index in [4.69, 9.17) is 0 Å². The number of anilines is 1. The second-order valence-corrected chi connectivity index (χ2v) is 8.97. The molecule has 168 valence electrons. The Hall–Kier alpha value is -3.13. The molecule has 3 aromatic heterocycles. The van der Waals surface area contributed by atoms with Gasteiger partial charge in [-0.05, 0) is 56.5 Å². The summed E-state index contributed by atoms with van der Waals surface area (Å²) in [4.78, 5) is 36.6. The van der Waals surface area contributed by atoms with Crippen molar-refractivity contribution in [2.75, 3.05) is 38.1 Å². The average molecular weight is 435 g/mol. The number of carbonyl (C=O) groups is 1. The lowest BCUT2D eigenvalue weighted by molar-refractivity contribution is 0.0958. The van der Waals surface area contributed by atoms with Gasteiger partial charge in [0.15, 0.2) is 0 Å². The van der Waals surface area contributed by atoms with Crippen LogP contribution in [-0.2, 0) is 0 Å². The molecule has 0 aromatic carbocycles. The predicted molar refractivity (Wildman–Crippen MR) is 125 cm³/mol. The van der Waals surface area contributed by atoms with E-state index in [2.05, 4.69) is 31.3 Å². The molecule has 2 saturated heterocycles. The van der Waals surface area contributed by atoms with E-state index in [1.807, 2.05) is 29.7 Å². The number of aromatic nitrogens is 3. The maximum Gasteiger partial charge on any atom is 0.272 e. The van der Waals surface area contributed by atoms with E-state index < -0.39 is 0 Å². The summed E-state index contributed by atoms with van der Waals surface area (Å²) in [7, 11) is 1.61. The lowest BCUT2D eigenvalue weighted by atomic mass is 10.0. The van der Waals surface area contributed by atoms with E-state index in [9.17, 15) is 9.59 Å². The summed E-state index contributed by atoms with van der Waals surface area (Å²) in [6.45, 7) is 6.01. The molecular weight excluding hydrogens is 404 g/mol. The number of fused-ring (bicyclic) bond motifs is 1. The molecule has 1 unspecified atom stereocenters. The summed E-state index contributed by atoms with van der Waals surface area (Å²) < 4.78 is 1.97. The van der Waals surface area contributed by atoms with Crippen molar-refractivity contribution in [2.24, 2.45) is 0 Å². The molecule has 0 radical (unpaired) electrons. The topological polar surface area (TPSA) is 85.7 Å². The number of hydrogen-bond acceptors (Lipinski definition) is 5. The zero-order valence-corrected chi connectivity index (χ0v) is 18.7. The molecular formula is C24H30N6O2. The molecule has 32 heavy (non-hydrogen) atoms. The monoisotopic (exact) mass is 434 g/mol. The zero-order valence-electron chi connectivity index (χ0n) is 18.7. The van der Waals surface area contributed by atoms with E-state index in [0.29, 0.717) is 17.7 Å². The molecule has 1 atom stereocenters. The number of piperidine rings is 1. The average Bonchev–Trinajstić information content (AvgIpc) is 3.46. The summed E-state index contributed by atoms with van der Waals surface area (Å²) >= 11 is 0. The largest absolute Gasteiger partial charge is 0.370 e. The number of amides is 1. The van der Waals surface area contributed by atoms with Gasteiger partial charge in [0.1, 0.15) is 11.2 Å². The van der Waals surface area contributed by atoms with Crippen LogP contribution in [0.1, 0.15) is 46.9 Å². The number of likely N-dealkylation sites (tertiary alicyclic amines) is 1. The van der Waals surface area contributed by atoms with Gasteiger partial charge < -0.3 is 19.6 Å². The molecule has 0 saturated carbocycles. The molecule has 2 N–H and O–H groups in total. The lowest BCUT2D eigenvalue weighted by Gasteiger charge is -2.37. The number of aryl methyl sites for hydroxylation is 1. The van der Waals surface area contributed by atoms with Crippen LogP contribution < -0.4 is 15.8 Å². The number of pyridine rings is 1. The number of aromatic amines is 1. The van der Waals surface area contributed by atoms with Crippen molar-refractivity contribution < 1.29 is 4.79 Å². The highest BCUT2D eigenvalue weighted by Gasteiger charge is 2.32. The third kappa shape index (κ3) is 3.79. The van der Waals surface area contributed by atoms with E-state index in [1.165, 1.54) is 0 Å². The van der Waals surface area contributed by atoms with Gasteiger partial charge in [-0.15, -0.1) is 0 Å². The first-order valence-corrected chi connectivity index (χ1v) is 11.4. The number of carbonyl (C=O) groups excluding carboxylic acids is 1. The van der Waals surface area contributed by atoms with E-state index in [1.54, 1.807) is 19.3 Å². The number of H-pyrrole nitrogens is 1. The van der Waals surface area contributed by atoms with E-state index in [0.717, 1.165) is 67.9 Å². The summed E-state index contributed by atoms with van der Waals surface area (Å²) in [5.74, 6) is 0.209. The summed E-state index contributed by atoms with van der Waals surface area (Å²) in [6, 6.07) is 6.33. The minimum atomic E-state index is -0.161. The van der Waals surface area contributed by atoms with Crippen LogP contribution in [0, 0.1) is 6.92 Å². The maximum atomic E-state index is 12.5. The van der Waals surface area contributed by atoms with Crippen LogP contribution in [0.5, 0.6) is 0 Å². The molecule has 8 heteroatoms. The van der Waals surface area contributed by atoms with Crippen LogP contribution in [-0.4, -0.2) is 64.4 Å². The highest BCUT2D eigenvalue weighted by molar-refractivity contribution is 5.92. The van der Waals surface area contributed by atoms with Gasteiger partial charge in [-0.3, -0.25) is 14.5 Å². The van der Waals surface area contributed by atoms with Gasteiger partial charge in [0.2, 0.25) is 0 Å². The van der Waals surface area contributed by atoms with Gasteiger partial charge in [0.05, 0.1) is 11.9 Å². The third-order valence-electron chi connectivity index (χ3n) is 7.08. The Morgan fingerprint density at radius 1 is 1.16 bits per heavy atom. The first kappa shape index (κ1) is 20.8. The molecule has 0 spiro atoms. The fourth-order valence-corrected chi connectivity index (χ4v) is 5.23. The van der Waals surface area contributed by atoms with Crippen LogP contribution in [0.25, 0.3) is 5.52 Å². The number of nitrogens with zero attached hydrogens (tertiary/aromatic N) is 4. The van der Waals surface area contributed by atoms with E-state index >= 15 is 0 Å². The fraction of sp³-hybridized carbons (Fsp3) is 0.458. The Morgan fingerprint density at radius 2 is 1.97 bits per heavy atom. The van der Waals surface area contributed by atoms with Gasteiger partial charge in [0.25, 0.3) is 11.5 Å². The van der Waals surface area contributed by atoms with Crippen molar-refractivity contribution >= 4 is 17.1 Å². The number of nitrogens with one attached hydrogen (secondary N) is 2. The molecule has 5 rings (SSSR count). The zero-order chi connectivity index (χ0) is 22.2. The third-order valence-corrected chi connectivity index (χ3v) is 7.08. The second-order valence-electron chi connectivity index (χ2n) is 8.97. The molecule has 8 nitrogen and oxygen atoms in total. The van der Waals surface area contributed by atoms with Crippen LogP contribution in [0.15, 0.2) is 41.6 Å². The Labute approximate surface area is 187 Å². The quantitative estimate of drug-likeness (QED) is 0.657. The maximum absolute atomic E-state index is 12.5. The Bertz CT molecular complexity index is 1170. The lowest BCUT2D eigenvalue weighted by Crippen LogP contribution is -2.44. The van der Waals surface area contributed by atoms with Crippen molar-refractivity contribution in [3.8, 4) is 0 Å². The highest BCUT2D eigenvalue weighted by Crippen LogP contribution is 2.31. The Morgan fingerprint density at radius 3 is 2.69 bits per heavy atom. The molecule has 3 aromatic rings. The minimum Gasteiger partial charge on any atom is -0.370 e. The Balaban J connectivity index is 1.20. The Kier molecular flexibility index (Phi) is 5.46. The second kappa shape index (κ2) is 8.43. The molecule has 0 bridgehead atoms. The molecule has 5 heterocycles. The van der Waals surface area contributed by atoms with Crippen LogP contribution in [0.4, 0.5) is 5.69 Å². The highest BCUT2D eigenvalue weighted by atomic mass is 16.1. The van der Waals surface area contributed by atoms with Crippen LogP contribution in [0.2, 0.25) is 0 Å². The van der Waals surface area contributed by atoms with Crippen molar-refractivity contribution in [3.63, 3.8) is 0 Å². The van der Waals surface area contributed by atoms with Crippen LogP contribution >= 0.6 is 0 Å². The van der Waals surface area contributed by atoms with Gasteiger partial charge in [-0.25, -0.2) is 4.98 Å². The number of hydrogen-bond donors (Lipinski definition) is 2. The summed E-state index contributed by atoms with van der Waals surface area (Å²) in [5.41, 5.74) is 4.32. The smallest absolute Gasteiger partial charge is 0.272 e.